The maximum absolute atomic E-state index is 12.4. The first-order chi connectivity index (χ1) is 11.2. The molecule has 1 aromatic heterocycles. The van der Waals surface area contributed by atoms with Crippen LogP contribution in [0.3, 0.4) is 0 Å². The average molecular weight is 438 g/mol. The lowest BCUT2D eigenvalue weighted by molar-refractivity contribution is 0.0997. The summed E-state index contributed by atoms with van der Waals surface area (Å²) in [6, 6.07) is 15.5. The smallest absolute Gasteiger partial charge is 0.279 e. The minimum Gasteiger partial charge on any atom is -0.383 e. The minimum absolute atomic E-state index is 0.223. The van der Waals surface area contributed by atoms with Crippen LogP contribution in [0.5, 0.6) is 0 Å². The summed E-state index contributed by atoms with van der Waals surface area (Å²) in [5.74, 6) is -0.223. The number of thiazole rings is 1. The van der Waals surface area contributed by atoms with E-state index in [4.69, 9.17) is 4.74 Å². The number of methoxy groups -OCH3 is 1. The first-order valence-electron chi connectivity index (χ1n) is 7.11. The van der Waals surface area contributed by atoms with Gasteiger partial charge in [-0.15, -0.1) is 0 Å². The van der Waals surface area contributed by atoms with Crippen LogP contribution < -0.4 is 4.80 Å². The van der Waals surface area contributed by atoms with Gasteiger partial charge < -0.3 is 9.30 Å². The number of hydrogen-bond donors (Lipinski definition) is 0. The van der Waals surface area contributed by atoms with Crippen molar-refractivity contribution in [2.45, 2.75) is 6.54 Å². The molecule has 0 N–H and O–H groups in total. The molecule has 1 amide bonds. The Kier molecular flexibility index (Phi) is 5.24. The van der Waals surface area contributed by atoms with E-state index >= 15 is 0 Å². The van der Waals surface area contributed by atoms with Gasteiger partial charge >= 0.3 is 0 Å². The summed E-state index contributed by atoms with van der Waals surface area (Å²) in [4.78, 5) is 17.5. The van der Waals surface area contributed by atoms with Crippen molar-refractivity contribution < 1.29 is 9.53 Å². The third kappa shape index (κ3) is 3.70. The standard InChI is InChI=1S/C17H15IN2O2S/c1-22-11-10-20-14-4-2-3-5-15(14)23-17(20)19-16(21)12-6-8-13(18)9-7-12/h2-9H,10-11H2,1H3/b19-17-. The number of hydrogen-bond acceptors (Lipinski definition) is 3. The molecule has 0 saturated heterocycles. The van der Waals surface area contributed by atoms with Crippen LogP contribution in [0.1, 0.15) is 10.4 Å². The Morgan fingerprint density at radius 1 is 1.22 bits per heavy atom. The monoisotopic (exact) mass is 438 g/mol. The molecule has 0 atom stereocenters. The molecule has 0 aliphatic heterocycles. The number of carbonyl (C=O) groups is 1. The van der Waals surface area contributed by atoms with Crippen molar-refractivity contribution in [1.29, 1.82) is 0 Å². The quantitative estimate of drug-likeness (QED) is 0.584. The van der Waals surface area contributed by atoms with E-state index in [-0.39, 0.29) is 5.91 Å². The molecule has 3 aromatic rings. The fourth-order valence-electron chi connectivity index (χ4n) is 2.25. The number of aromatic nitrogens is 1. The van der Waals surface area contributed by atoms with E-state index in [0.717, 1.165) is 13.8 Å². The van der Waals surface area contributed by atoms with Crippen LogP contribution in [-0.4, -0.2) is 24.2 Å². The molecule has 0 fully saturated rings. The van der Waals surface area contributed by atoms with Gasteiger partial charge in [-0.2, -0.15) is 4.99 Å². The van der Waals surface area contributed by atoms with E-state index in [1.165, 1.54) is 11.3 Å². The molecule has 0 radical (unpaired) electrons. The van der Waals surface area contributed by atoms with E-state index in [0.29, 0.717) is 23.5 Å². The summed E-state index contributed by atoms with van der Waals surface area (Å²) in [6.07, 6.45) is 0. The Balaban J connectivity index is 2.06. The molecule has 1 heterocycles. The molecular weight excluding hydrogens is 423 g/mol. The van der Waals surface area contributed by atoms with Crippen molar-refractivity contribution >= 4 is 50.1 Å². The van der Waals surface area contributed by atoms with Gasteiger partial charge in [-0.05, 0) is 59.0 Å². The summed E-state index contributed by atoms with van der Waals surface area (Å²) >= 11 is 3.73. The van der Waals surface area contributed by atoms with E-state index in [2.05, 4.69) is 27.6 Å². The molecule has 0 saturated carbocycles. The maximum atomic E-state index is 12.4. The highest BCUT2D eigenvalue weighted by Crippen LogP contribution is 2.17. The zero-order valence-corrected chi connectivity index (χ0v) is 15.5. The third-order valence-corrected chi connectivity index (χ3v) is 5.17. The second-order valence-corrected chi connectivity index (χ2v) is 7.18. The Bertz CT molecular complexity index is 897. The van der Waals surface area contributed by atoms with Gasteiger partial charge in [0.1, 0.15) is 0 Å². The fourth-order valence-corrected chi connectivity index (χ4v) is 3.66. The number of nitrogens with zero attached hydrogens (tertiary/aromatic N) is 2. The van der Waals surface area contributed by atoms with Crippen LogP contribution in [0.4, 0.5) is 0 Å². The van der Waals surface area contributed by atoms with Crippen molar-refractivity contribution in [2.75, 3.05) is 13.7 Å². The predicted octanol–water partition coefficient (Wildman–Crippen LogP) is 3.69. The van der Waals surface area contributed by atoms with Crippen LogP contribution in [0.2, 0.25) is 0 Å². The van der Waals surface area contributed by atoms with Gasteiger partial charge in [-0.1, -0.05) is 23.5 Å². The number of benzene rings is 2. The van der Waals surface area contributed by atoms with E-state index < -0.39 is 0 Å². The van der Waals surface area contributed by atoms with Crippen LogP contribution in [0.25, 0.3) is 10.2 Å². The number of amides is 1. The highest BCUT2D eigenvalue weighted by atomic mass is 127. The molecule has 0 aliphatic rings. The van der Waals surface area contributed by atoms with Crippen molar-refractivity contribution in [3.63, 3.8) is 0 Å². The molecular formula is C17H15IN2O2S. The fraction of sp³-hybridized carbons (Fsp3) is 0.176. The van der Waals surface area contributed by atoms with Crippen LogP contribution in [0, 0.1) is 3.57 Å². The van der Waals surface area contributed by atoms with Gasteiger partial charge in [-0.3, -0.25) is 4.79 Å². The van der Waals surface area contributed by atoms with Gasteiger partial charge in [0.05, 0.1) is 16.8 Å². The largest absolute Gasteiger partial charge is 0.383 e. The molecule has 0 bridgehead atoms. The molecule has 0 spiro atoms. The Morgan fingerprint density at radius 3 is 2.70 bits per heavy atom. The van der Waals surface area contributed by atoms with Gasteiger partial charge in [0.2, 0.25) is 0 Å². The summed E-state index contributed by atoms with van der Waals surface area (Å²) in [5, 5.41) is 0. The number of carbonyl (C=O) groups excluding carboxylic acids is 1. The van der Waals surface area contributed by atoms with Gasteiger partial charge in [0.25, 0.3) is 5.91 Å². The maximum Gasteiger partial charge on any atom is 0.279 e. The molecule has 0 unspecified atom stereocenters. The summed E-state index contributed by atoms with van der Waals surface area (Å²) < 4.78 is 9.42. The lowest BCUT2D eigenvalue weighted by Gasteiger charge is -2.03. The third-order valence-electron chi connectivity index (χ3n) is 3.40. The van der Waals surface area contributed by atoms with E-state index in [1.807, 2.05) is 41.0 Å². The molecule has 118 valence electrons. The zero-order valence-electron chi connectivity index (χ0n) is 12.5. The Hall–Kier alpha value is -1.51. The summed E-state index contributed by atoms with van der Waals surface area (Å²) in [7, 11) is 1.67. The molecule has 3 rings (SSSR count). The predicted molar refractivity (Wildman–Crippen MR) is 101 cm³/mol. The Morgan fingerprint density at radius 2 is 1.96 bits per heavy atom. The van der Waals surface area contributed by atoms with Crippen molar-refractivity contribution in [3.05, 3.63) is 62.5 Å². The molecule has 6 heteroatoms. The molecule has 23 heavy (non-hydrogen) atoms. The van der Waals surface area contributed by atoms with Crippen LogP contribution in [0.15, 0.2) is 53.5 Å². The second-order valence-electron chi connectivity index (χ2n) is 4.92. The normalized spacial score (nSPS) is 12.0. The minimum atomic E-state index is -0.223. The second kappa shape index (κ2) is 7.37. The topological polar surface area (TPSA) is 43.6 Å². The first-order valence-corrected chi connectivity index (χ1v) is 9.00. The zero-order chi connectivity index (χ0) is 16.2. The van der Waals surface area contributed by atoms with Crippen molar-refractivity contribution in [2.24, 2.45) is 4.99 Å². The number of para-hydroxylation sites is 1. The van der Waals surface area contributed by atoms with Crippen LogP contribution in [-0.2, 0) is 11.3 Å². The van der Waals surface area contributed by atoms with Crippen LogP contribution >= 0.6 is 33.9 Å². The van der Waals surface area contributed by atoms with E-state index in [9.17, 15) is 4.79 Å². The van der Waals surface area contributed by atoms with Gasteiger partial charge in [0, 0.05) is 22.8 Å². The highest BCUT2D eigenvalue weighted by molar-refractivity contribution is 14.1. The first kappa shape index (κ1) is 16.4. The lowest BCUT2D eigenvalue weighted by Crippen LogP contribution is -2.19. The molecule has 0 aliphatic carbocycles. The highest BCUT2D eigenvalue weighted by Gasteiger charge is 2.08. The molecule has 2 aromatic carbocycles. The number of rotatable bonds is 4. The van der Waals surface area contributed by atoms with Crippen molar-refractivity contribution in [3.8, 4) is 0 Å². The number of fused-ring (bicyclic) bond motifs is 1. The average Bonchev–Trinajstić information content (AvgIpc) is 2.90. The number of halogens is 1. The van der Waals surface area contributed by atoms with Gasteiger partial charge in [0.15, 0.2) is 4.80 Å². The number of ether oxygens (including phenoxy) is 1. The van der Waals surface area contributed by atoms with E-state index in [1.54, 1.807) is 19.2 Å². The molecule has 4 nitrogen and oxygen atoms in total. The van der Waals surface area contributed by atoms with Crippen molar-refractivity contribution in [1.82, 2.24) is 4.57 Å². The summed E-state index contributed by atoms with van der Waals surface area (Å²) in [6.45, 7) is 1.24. The lowest BCUT2D eigenvalue weighted by atomic mass is 10.2. The SMILES string of the molecule is COCCn1/c(=N/C(=O)c2ccc(I)cc2)sc2ccccc21. The Labute approximate surface area is 151 Å². The summed E-state index contributed by atoms with van der Waals surface area (Å²) in [5.41, 5.74) is 1.67. The van der Waals surface area contributed by atoms with Gasteiger partial charge in [-0.25, -0.2) is 0 Å².